The lowest BCUT2D eigenvalue weighted by molar-refractivity contribution is 0.320. The van der Waals surface area contributed by atoms with E-state index in [1.807, 2.05) is 39.0 Å². The molecule has 2 aromatic rings. The van der Waals surface area contributed by atoms with Crippen molar-refractivity contribution in [1.29, 1.82) is 0 Å². The largest absolute Gasteiger partial charge is 0.492 e. The monoisotopic (exact) mass is 325 g/mol. The van der Waals surface area contributed by atoms with E-state index in [1.165, 1.54) is 11.3 Å². The SMILES string of the molecule is Cc1ccc(C)c(OCCNS(=O)(=O)c2ccc(C)s2)c1. The van der Waals surface area contributed by atoms with Crippen molar-refractivity contribution < 1.29 is 13.2 Å². The van der Waals surface area contributed by atoms with Crippen molar-refractivity contribution >= 4 is 21.4 Å². The van der Waals surface area contributed by atoms with E-state index in [4.69, 9.17) is 4.74 Å². The Morgan fingerprint density at radius 3 is 2.57 bits per heavy atom. The van der Waals surface area contributed by atoms with Gasteiger partial charge in [0.2, 0.25) is 10.0 Å². The highest BCUT2D eigenvalue weighted by Gasteiger charge is 2.15. The first-order chi connectivity index (χ1) is 9.88. The zero-order valence-corrected chi connectivity index (χ0v) is 14.0. The fourth-order valence-electron chi connectivity index (χ4n) is 1.83. The number of hydrogen-bond donors (Lipinski definition) is 1. The third kappa shape index (κ3) is 4.30. The number of hydrogen-bond acceptors (Lipinski definition) is 4. The predicted octanol–water partition coefficient (Wildman–Crippen LogP) is 3.03. The molecule has 0 aliphatic carbocycles. The topological polar surface area (TPSA) is 55.4 Å². The van der Waals surface area contributed by atoms with Crippen molar-refractivity contribution in [3.63, 3.8) is 0 Å². The van der Waals surface area contributed by atoms with Gasteiger partial charge < -0.3 is 4.74 Å². The minimum Gasteiger partial charge on any atom is -0.492 e. The van der Waals surface area contributed by atoms with Crippen LogP contribution in [0.5, 0.6) is 5.75 Å². The number of sulfonamides is 1. The lowest BCUT2D eigenvalue weighted by Crippen LogP contribution is -2.27. The Labute approximate surface area is 129 Å². The third-order valence-corrected chi connectivity index (χ3v) is 5.93. The van der Waals surface area contributed by atoms with Crippen LogP contribution in [-0.4, -0.2) is 21.6 Å². The summed E-state index contributed by atoms with van der Waals surface area (Å²) in [6.45, 7) is 6.38. The minimum absolute atomic E-state index is 0.243. The highest BCUT2D eigenvalue weighted by Crippen LogP contribution is 2.20. The van der Waals surface area contributed by atoms with Crippen LogP contribution in [0.25, 0.3) is 0 Å². The second-order valence-corrected chi connectivity index (χ2v) is 8.16. The van der Waals surface area contributed by atoms with Gasteiger partial charge in [0, 0.05) is 11.4 Å². The molecule has 4 nitrogen and oxygen atoms in total. The summed E-state index contributed by atoms with van der Waals surface area (Å²) in [6, 6.07) is 9.37. The molecule has 114 valence electrons. The third-order valence-electron chi connectivity index (χ3n) is 2.98. The average molecular weight is 325 g/mol. The molecule has 0 unspecified atom stereocenters. The van der Waals surface area contributed by atoms with Crippen LogP contribution in [0.4, 0.5) is 0 Å². The maximum Gasteiger partial charge on any atom is 0.250 e. The molecule has 1 heterocycles. The Balaban J connectivity index is 1.88. The molecule has 0 saturated carbocycles. The van der Waals surface area contributed by atoms with Gasteiger partial charge in [-0.05, 0) is 50.1 Å². The van der Waals surface area contributed by atoms with E-state index in [0.29, 0.717) is 10.8 Å². The summed E-state index contributed by atoms with van der Waals surface area (Å²) in [7, 11) is -3.42. The summed E-state index contributed by atoms with van der Waals surface area (Å²) in [4.78, 5) is 0.974. The number of thiophene rings is 1. The number of nitrogens with one attached hydrogen (secondary N) is 1. The van der Waals surface area contributed by atoms with Gasteiger partial charge in [-0.2, -0.15) is 0 Å². The van der Waals surface area contributed by atoms with Crippen LogP contribution in [0.3, 0.4) is 0 Å². The number of rotatable bonds is 6. The van der Waals surface area contributed by atoms with Crippen molar-refractivity contribution in [3.8, 4) is 5.75 Å². The van der Waals surface area contributed by atoms with Crippen LogP contribution >= 0.6 is 11.3 Å². The molecule has 0 saturated heterocycles. The van der Waals surface area contributed by atoms with Crippen LogP contribution in [-0.2, 0) is 10.0 Å². The standard InChI is InChI=1S/C15H19NO3S2/c1-11-4-5-12(2)14(10-11)19-9-8-16-21(17,18)15-7-6-13(3)20-15/h4-7,10,16H,8-9H2,1-3H3. The summed E-state index contributed by atoms with van der Waals surface area (Å²) >= 11 is 1.26. The van der Waals surface area contributed by atoms with Crippen molar-refractivity contribution in [3.05, 3.63) is 46.3 Å². The Kier molecular flexibility index (Phi) is 5.03. The van der Waals surface area contributed by atoms with E-state index in [-0.39, 0.29) is 6.54 Å². The second kappa shape index (κ2) is 6.60. The normalized spacial score (nSPS) is 11.6. The Hall–Kier alpha value is -1.37. The minimum atomic E-state index is -3.42. The molecule has 0 fully saturated rings. The zero-order chi connectivity index (χ0) is 15.5. The van der Waals surface area contributed by atoms with Crippen molar-refractivity contribution in [2.45, 2.75) is 25.0 Å². The summed E-state index contributed by atoms with van der Waals surface area (Å²) < 4.78 is 32.6. The summed E-state index contributed by atoms with van der Waals surface area (Å²) in [5.41, 5.74) is 2.16. The van der Waals surface area contributed by atoms with Gasteiger partial charge in [0.25, 0.3) is 0 Å². The summed E-state index contributed by atoms with van der Waals surface area (Å²) in [5, 5.41) is 0. The van der Waals surface area contributed by atoms with Gasteiger partial charge >= 0.3 is 0 Å². The molecule has 1 aromatic heterocycles. The molecule has 0 atom stereocenters. The van der Waals surface area contributed by atoms with E-state index in [2.05, 4.69) is 4.72 Å². The first-order valence-corrected chi connectivity index (χ1v) is 8.94. The quantitative estimate of drug-likeness (QED) is 0.831. The van der Waals surface area contributed by atoms with E-state index >= 15 is 0 Å². The zero-order valence-electron chi connectivity index (χ0n) is 12.3. The first-order valence-electron chi connectivity index (χ1n) is 6.64. The number of benzene rings is 1. The van der Waals surface area contributed by atoms with Gasteiger partial charge in [-0.1, -0.05) is 12.1 Å². The Bertz CT molecular complexity index is 720. The van der Waals surface area contributed by atoms with Gasteiger partial charge in [-0.25, -0.2) is 13.1 Å². The fraction of sp³-hybridized carbons (Fsp3) is 0.333. The fourth-order valence-corrected chi connectivity index (χ4v) is 4.17. The molecule has 0 radical (unpaired) electrons. The van der Waals surface area contributed by atoms with Gasteiger partial charge in [0.05, 0.1) is 0 Å². The van der Waals surface area contributed by atoms with Crippen molar-refractivity contribution in [2.24, 2.45) is 0 Å². The smallest absolute Gasteiger partial charge is 0.250 e. The summed E-state index contributed by atoms with van der Waals surface area (Å²) in [5.74, 6) is 0.793. The average Bonchev–Trinajstić information content (AvgIpc) is 2.86. The molecule has 0 aliphatic rings. The van der Waals surface area contributed by atoms with Gasteiger partial charge in [-0.15, -0.1) is 11.3 Å². The van der Waals surface area contributed by atoms with Gasteiger partial charge in [0.15, 0.2) is 0 Å². The van der Waals surface area contributed by atoms with Crippen LogP contribution in [0.1, 0.15) is 16.0 Å². The molecule has 1 N–H and O–H groups in total. The van der Waals surface area contributed by atoms with Gasteiger partial charge in [0.1, 0.15) is 16.6 Å². The second-order valence-electron chi connectivity index (χ2n) is 4.88. The highest BCUT2D eigenvalue weighted by atomic mass is 32.2. The molecular weight excluding hydrogens is 306 g/mol. The molecule has 0 amide bonds. The predicted molar refractivity (Wildman–Crippen MR) is 85.7 cm³/mol. The molecule has 0 spiro atoms. The molecule has 21 heavy (non-hydrogen) atoms. The highest BCUT2D eigenvalue weighted by molar-refractivity contribution is 7.91. The number of aryl methyl sites for hydroxylation is 3. The van der Waals surface area contributed by atoms with Crippen molar-refractivity contribution in [1.82, 2.24) is 4.72 Å². The van der Waals surface area contributed by atoms with Gasteiger partial charge in [-0.3, -0.25) is 0 Å². The maximum atomic E-state index is 12.0. The Morgan fingerprint density at radius 2 is 1.90 bits per heavy atom. The first kappa shape index (κ1) is 16.0. The lowest BCUT2D eigenvalue weighted by atomic mass is 10.1. The van der Waals surface area contributed by atoms with E-state index in [9.17, 15) is 8.42 Å². The number of ether oxygens (including phenoxy) is 1. The molecular formula is C15H19NO3S2. The van der Waals surface area contributed by atoms with E-state index < -0.39 is 10.0 Å². The molecule has 0 aliphatic heterocycles. The van der Waals surface area contributed by atoms with Crippen LogP contribution in [0.2, 0.25) is 0 Å². The van der Waals surface area contributed by atoms with E-state index in [1.54, 1.807) is 12.1 Å². The van der Waals surface area contributed by atoms with E-state index in [0.717, 1.165) is 21.8 Å². The Morgan fingerprint density at radius 1 is 1.14 bits per heavy atom. The van der Waals surface area contributed by atoms with Crippen molar-refractivity contribution in [2.75, 3.05) is 13.2 Å². The van der Waals surface area contributed by atoms with Crippen LogP contribution < -0.4 is 9.46 Å². The molecule has 0 bridgehead atoms. The lowest BCUT2D eigenvalue weighted by Gasteiger charge is -2.10. The molecule has 1 aromatic carbocycles. The molecule has 6 heteroatoms. The van der Waals surface area contributed by atoms with Crippen LogP contribution in [0, 0.1) is 20.8 Å². The summed E-state index contributed by atoms with van der Waals surface area (Å²) in [6.07, 6.45) is 0. The maximum absolute atomic E-state index is 12.0. The molecule has 2 rings (SSSR count). The van der Waals surface area contributed by atoms with Crippen LogP contribution in [0.15, 0.2) is 34.5 Å².